The number of hydrogen-bond donors (Lipinski definition) is 0. The van der Waals surface area contributed by atoms with E-state index in [0.29, 0.717) is 24.0 Å². The summed E-state index contributed by atoms with van der Waals surface area (Å²) in [4.78, 5) is 21.0. The minimum atomic E-state index is -4.64. The zero-order valence-corrected chi connectivity index (χ0v) is 17.2. The second-order valence-corrected chi connectivity index (χ2v) is 7.04. The molecular formula is C21H20F3N5O2. The number of aromatic nitrogens is 3. The van der Waals surface area contributed by atoms with Gasteiger partial charge < -0.3 is 14.2 Å². The minimum Gasteiger partial charge on any atom is -0.493 e. The van der Waals surface area contributed by atoms with Gasteiger partial charge in [0.05, 0.1) is 29.7 Å². The van der Waals surface area contributed by atoms with Gasteiger partial charge in [-0.2, -0.15) is 18.4 Å². The van der Waals surface area contributed by atoms with Crippen molar-refractivity contribution in [2.75, 3.05) is 20.2 Å². The number of hydrogen-bond acceptors (Lipinski definition) is 5. The largest absolute Gasteiger partial charge is 0.493 e. The quantitative estimate of drug-likeness (QED) is 0.555. The van der Waals surface area contributed by atoms with Crippen LogP contribution in [0.5, 0.6) is 5.75 Å². The standard InChI is InChI=1S/C21H20F3N5O2/c1-13(30)28(2)7-4-8-31-19-6-5-14(9-15(19)21(22,23)24)16-10-18-20(17(11-25)27-16)26-12-29(18)3/h5-6,9-10,12H,4,7-8H2,1-3H3. The average Bonchev–Trinajstić information content (AvgIpc) is 3.10. The van der Waals surface area contributed by atoms with Gasteiger partial charge in [-0.05, 0) is 30.7 Å². The number of aryl methyl sites for hydroxylation is 1. The summed E-state index contributed by atoms with van der Waals surface area (Å²) < 4.78 is 48.1. The van der Waals surface area contributed by atoms with Crippen LogP contribution in [0.4, 0.5) is 13.2 Å². The predicted molar refractivity (Wildman–Crippen MR) is 107 cm³/mol. The van der Waals surface area contributed by atoms with E-state index in [1.165, 1.54) is 30.3 Å². The van der Waals surface area contributed by atoms with Gasteiger partial charge in [0.1, 0.15) is 17.3 Å². The molecule has 162 valence electrons. The van der Waals surface area contributed by atoms with Gasteiger partial charge in [-0.15, -0.1) is 0 Å². The molecule has 31 heavy (non-hydrogen) atoms. The first-order valence-electron chi connectivity index (χ1n) is 9.40. The van der Waals surface area contributed by atoms with Crippen LogP contribution in [0, 0.1) is 11.3 Å². The molecule has 0 saturated carbocycles. The van der Waals surface area contributed by atoms with Crippen molar-refractivity contribution in [1.29, 1.82) is 5.26 Å². The second kappa shape index (κ2) is 8.63. The van der Waals surface area contributed by atoms with Gasteiger partial charge in [-0.25, -0.2) is 9.97 Å². The van der Waals surface area contributed by atoms with Crippen LogP contribution >= 0.6 is 0 Å². The molecule has 3 aromatic rings. The Hall–Kier alpha value is -3.61. The fourth-order valence-electron chi connectivity index (χ4n) is 3.03. The molecular weight excluding hydrogens is 411 g/mol. The maximum Gasteiger partial charge on any atom is 0.419 e. The van der Waals surface area contributed by atoms with Crippen LogP contribution in [0.15, 0.2) is 30.6 Å². The molecule has 2 aromatic heterocycles. The Kier molecular flexibility index (Phi) is 6.15. The van der Waals surface area contributed by atoms with Crippen molar-refractivity contribution in [1.82, 2.24) is 19.4 Å². The number of imidazole rings is 1. The molecule has 0 unspecified atom stereocenters. The summed E-state index contributed by atoms with van der Waals surface area (Å²) in [5, 5.41) is 9.35. The number of amides is 1. The number of rotatable bonds is 6. The topological polar surface area (TPSA) is 84.0 Å². The third-order valence-electron chi connectivity index (χ3n) is 4.83. The van der Waals surface area contributed by atoms with Gasteiger partial charge in [0.25, 0.3) is 0 Å². The van der Waals surface area contributed by atoms with Crippen molar-refractivity contribution in [3.8, 4) is 23.1 Å². The first kappa shape index (κ1) is 22.1. The van der Waals surface area contributed by atoms with Crippen LogP contribution < -0.4 is 4.74 Å². The third-order valence-corrected chi connectivity index (χ3v) is 4.83. The maximum absolute atomic E-state index is 13.7. The number of nitriles is 1. The number of halogens is 3. The van der Waals surface area contributed by atoms with Crippen LogP contribution in [-0.4, -0.2) is 45.5 Å². The van der Waals surface area contributed by atoms with E-state index in [1.807, 2.05) is 6.07 Å². The zero-order valence-electron chi connectivity index (χ0n) is 17.2. The Bertz CT molecular complexity index is 1160. The van der Waals surface area contributed by atoms with Crippen LogP contribution in [-0.2, 0) is 18.0 Å². The Morgan fingerprint density at radius 1 is 1.32 bits per heavy atom. The van der Waals surface area contributed by atoms with Crippen molar-refractivity contribution >= 4 is 16.9 Å². The van der Waals surface area contributed by atoms with Gasteiger partial charge in [0.15, 0.2) is 5.69 Å². The molecule has 1 amide bonds. The van der Waals surface area contributed by atoms with E-state index in [1.54, 1.807) is 24.7 Å². The van der Waals surface area contributed by atoms with E-state index in [4.69, 9.17) is 4.74 Å². The Morgan fingerprint density at radius 2 is 2.06 bits per heavy atom. The molecule has 0 radical (unpaired) electrons. The fraction of sp³-hybridized carbons (Fsp3) is 0.333. The lowest BCUT2D eigenvalue weighted by atomic mass is 10.1. The summed E-state index contributed by atoms with van der Waals surface area (Å²) >= 11 is 0. The number of alkyl halides is 3. The van der Waals surface area contributed by atoms with E-state index in [-0.39, 0.29) is 35.2 Å². The highest BCUT2D eigenvalue weighted by Gasteiger charge is 2.35. The van der Waals surface area contributed by atoms with Gasteiger partial charge in [0.2, 0.25) is 5.91 Å². The first-order chi connectivity index (χ1) is 14.6. The molecule has 0 fully saturated rings. The Morgan fingerprint density at radius 3 is 2.71 bits per heavy atom. The van der Waals surface area contributed by atoms with Crippen molar-refractivity contribution < 1.29 is 22.7 Å². The highest BCUT2D eigenvalue weighted by molar-refractivity contribution is 5.84. The second-order valence-electron chi connectivity index (χ2n) is 7.04. The molecule has 0 aliphatic carbocycles. The molecule has 1 aromatic carbocycles. The number of carbonyl (C=O) groups is 1. The van der Waals surface area contributed by atoms with Crippen molar-refractivity contribution in [2.45, 2.75) is 19.5 Å². The molecule has 0 N–H and O–H groups in total. The number of carbonyl (C=O) groups excluding carboxylic acids is 1. The van der Waals surface area contributed by atoms with Crippen LogP contribution in [0.25, 0.3) is 22.3 Å². The van der Waals surface area contributed by atoms with E-state index < -0.39 is 11.7 Å². The molecule has 3 rings (SSSR count). The highest BCUT2D eigenvalue weighted by Crippen LogP contribution is 2.39. The summed E-state index contributed by atoms with van der Waals surface area (Å²) in [5.41, 5.74) is 0.514. The summed E-state index contributed by atoms with van der Waals surface area (Å²) in [5.74, 6) is -0.432. The number of nitrogens with zero attached hydrogens (tertiary/aromatic N) is 5. The normalized spacial score (nSPS) is 11.4. The lowest BCUT2D eigenvalue weighted by molar-refractivity contribution is -0.138. The number of ether oxygens (including phenoxy) is 1. The zero-order chi connectivity index (χ0) is 22.8. The Balaban J connectivity index is 1.92. The van der Waals surface area contributed by atoms with Crippen molar-refractivity contribution in [2.24, 2.45) is 7.05 Å². The third kappa shape index (κ3) is 4.77. The molecule has 7 nitrogen and oxygen atoms in total. The van der Waals surface area contributed by atoms with Gasteiger partial charge in [-0.3, -0.25) is 4.79 Å². The molecule has 0 aliphatic rings. The van der Waals surface area contributed by atoms with E-state index in [9.17, 15) is 23.2 Å². The van der Waals surface area contributed by atoms with Crippen LogP contribution in [0.1, 0.15) is 24.6 Å². The predicted octanol–water partition coefficient (Wildman–Crippen LogP) is 3.77. The fourth-order valence-corrected chi connectivity index (χ4v) is 3.03. The number of benzene rings is 1. The molecule has 0 spiro atoms. The lowest BCUT2D eigenvalue weighted by Gasteiger charge is -2.17. The minimum absolute atomic E-state index is 0.0257. The van der Waals surface area contributed by atoms with Crippen molar-refractivity contribution in [3.63, 3.8) is 0 Å². The van der Waals surface area contributed by atoms with E-state index in [0.717, 1.165) is 6.07 Å². The molecule has 0 aliphatic heterocycles. The summed E-state index contributed by atoms with van der Waals surface area (Å²) in [6, 6.07) is 7.21. The Labute approximate surface area is 176 Å². The molecule has 2 heterocycles. The molecule has 0 bridgehead atoms. The smallest absolute Gasteiger partial charge is 0.419 e. The molecule has 0 saturated heterocycles. The lowest BCUT2D eigenvalue weighted by Crippen LogP contribution is -2.26. The monoisotopic (exact) mass is 431 g/mol. The molecule has 10 heteroatoms. The summed E-state index contributed by atoms with van der Waals surface area (Å²) in [6.07, 6.45) is -2.74. The van der Waals surface area contributed by atoms with Gasteiger partial charge >= 0.3 is 6.18 Å². The number of fused-ring (bicyclic) bond motifs is 1. The summed E-state index contributed by atoms with van der Waals surface area (Å²) in [7, 11) is 3.34. The van der Waals surface area contributed by atoms with Crippen LogP contribution in [0.2, 0.25) is 0 Å². The van der Waals surface area contributed by atoms with Crippen molar-refractivity contribution in [3.05, 3.63) is 41.9 Å². The van der Waals surface area contributed by atoms with E-state index >= 15 is 0 Å². The maximum atomic E-state index is 13.7. The number of pyridine rings is 1. The average molecular weight is 431 g/mol. The first-order valence-corrected chi connectivity index (χ1v) is 9.40. The van der Waals surface area contributed by atoms with Gasteiger partial charge in [0, 0.05) is 33.1 Å². The highest BCUT2D eigenvalue weighted by atomic mass is 19.4. The van der Waals surface area contributed by atoms with E-state index in [2.05, 4.69) is 9.97 Å². The summed E-state index contributed by atoms with van der Waals surface area (Å²) in [6.45, 7) is 1.81. The SMILES string of the molecule is CC(=O)N(C)CCCOc1ccc(-c2cc3c(ncn3C)c(C#N)n2)cc1C(F)(F)F. The molecule has 0 atom stereocenters. The van der Waals surface area contributed by atoms with Crippen LogP contribution in [0.3, 0.4) is 0 Å². The van der Waals surface area contributed by atoms with Gasteiger partial charge in [-0.1, -0.05) is 0 Å².